The van der Waals surface area contributed by atoms with Crippen molar-refractivity contribution in [3.63, 3.8) is 0 Å². The number of hydrogen-bond donors (Lipinski definition) is 3. The lowest BCUT2D eigenvalue weighted by Gasteiger charge is -2.11. The number of carbonyl (C=O) groups is 1. The third kappa shape index (κ3) is 5.56. The highest BCUT2D eigenvalue weighted by Gasteiger charge is 2.16. The van der Waals surface area contributed by atoms with Gasteiger partial charge in [-0.1, -0.05) is 29.3 Å². The van der Waals surface area contributed by atoms with Crippen molar-refractivity contribution < 1.29 is 17.9 Å². The topological polar surface area (TPSA) is 96.5 Å². The van der Waals surface area contributed by atoms with Gasteiger partial charge in [0.15, 0.2) is 0 Å². The number of halogens is 2. The van der Waals surface area contributed by atoms with E-state index >= 15 is 0 Å². The average Bonchev–Trinajstić information content (AvgIpc) is 2.71. The fourth-order valence-corrected chi connectivity index (χ4v) is 3.88. The number of urea groups is 1. The summed E-state index contributed by atoms with van der Waals surface area (Å²) in [6.07, 6.45) is 0. The van der Waals surface area contributed by atoms with Crippen molar-refractivity contribution in [3.05, 3.63) is 76.8 Å². The first-order valence-corrected chi connectivity index (χ1v) is 10.8. The Kier molecular flexibility index (Phi) is 6.71. The van der Waals surface area contributed by atoms with E-state index in [-0.39, 0.29) is 15.6 Å². The van der Waals surface area contributed by atoms with Crippen LogP contribution in [0, 0.1) is 0 Å². The Bertz CT molecular complexity index is 1170. The monoisotopic (exact) mass is 465 g/mol. The summed E-state index contributed by atoms with van der Waals surface area (Å²) in [6.45, 7) is 0. The smallest absolute Gasteiger partial charge is 0.323 e. The number of sulfonamides is 1. The molecule has 0 saturated heterocycles. The molecule has 0 bridgehead atoms. The normalized spacial score (nSPS) is 10.9. The van der Waals surface area contributed by atoms with Gasteiger partial charge in [0.25, 0.3) is 10.0 Å². The summed E-state index contributed by atoms with van der Waals surface area (Å²) in [5.41, 5.74) is 1.12. The molecule has 0 aromatic heterocycles. The number of benzene rings is 3. The first kappa shape index (κ1) is 21.8. The molecule has 156 valence electrons. The van der Waals surface area contributed by atoms with Crippen molar-refractivity contribution in [1.82, 2.24) is 0 Å². The fraction of sp³-hybridized carbons (Fsp3) is 0.0500. The highest BCUT2D eigenvalue weighted by molar-refractivity contribution is 7.92. The fourth-order valence-electron chi connectivity index (χ4n) is 2.48. The second kappa shape index (κ2) is 9.25. The SMILES string of the molecule is COc1ccc(NC(=O)Nc2cccc(S(=O)(=O)Nc3ccc(Cl)c(Cl)c3)c2)cc1. The molecule has 0 aliphatic heterocycles. The predicted octanol–water partition coefficient (Wildman–Crippen LogP) is 5.45. The molecule has 0 spiro atoms. The molecule has 0 heterocycles. The Labute approximate surface area is 184 Å². The van der Waals surface area contributed by atoms with Crippen LogP contribution in [0.5, 0.6) is 5.75 Å². The summed E-state index contributed by atoms with van der Waals surface area (Å²) in [7, 11) is -2.36. The summed E-state index contributed by atoms with van der Waals surface area (Å²) >= 11 is 11.8. The number of amides is 2. The first-order chi connectivity index (χ1) is 14.3. The molecule has 0 aliphatic rings. The van der Waals surface area contributed by atoms with E-state index in [4.69, 9.17) is 27.9 Å². The summed E-state index contributed by atoms with van der Waals surface area (Å²) in [5.74, 6) is 0.661. The Morgan fingerprint density at radius 2 is 1.50 bits per heavy atom. The van der Waals surface area contributed by atoms with E-state index in [0.29, 0.717) is 22.1 Å². The molecule has 0 fully saturated rings. The predicted molar refractivity (Wildman–Crippen MR) is 119 cm³/mol. The van der Waals surface area contributed by atoms with E-state index in [9.17, 15) is 13.2 Å². The molecule has 10 heteroatoms. The van der Waals surface area contributed by atoms with Crippen molar-refractivity contribution in [3.8, 4) is 5.75 Å². The van der Waals surface area contributed by atoms with Gasteiger partial charge in [0.05, 0.1) is 27.7 Å². The first-order valence-electron chi connectivity index (χ1n) is 8.57. The molecular weight excluding hydrogens is 449 g/mol. The summed E-state index contributed by atoms with van der Waals surface area (Å²) in [4.78, 5) is 12.2. The molecule has 3 aromatic carbocycles. The third-order valence-corrected chi connectivity index (χ3v) is 6.04. The van der Waals surface area contributed by atoms with Crippen LogP contribution < -0.4 is 20.1 Å². The Balaban J connectivity index is 1.71. The second-order valence-electron chi connectivity index (χ2n) is 6.07. The van der Waals surface area contributed by atoms with Crippen LogP contribution >= 0.6 is 23.2 Å². The minimum absolute atomic E-state index is 0.0316. The van der Waals surface area contributed by atoms with E-state index in [1.54, 1.807) is 37.4 Å². The van der Waals surface area contributed by atoms with E-state index in [0.717, 1.165) is 0 Å². The van der Waals surface area contributed by atoms with E-state index in [1.807, 2.05) is 0 Å². The molecular formula is C20H17Cl2N3O4S. The molecule has 30 heavy (non-hydrogen) atoms. The van der Waals surface area contributed by atoms with Gasteiger partial charge in [0, 0.05) is 11.4 Å². The molecule has 2 amide bonds. The van der Waals surface area contributed by atoms with Gasteiger partial charge < -0.3 is 15.4 Å². The highest BCUT2D eigenvalue weighted by atomic mass is 35.5. The number of anilines is 3. The maximum absolute atomic E-state index is 12.7. The lowest BCUT2D eigenvalue weighted by molar-refractivity contribution is 0.262. The number of rotatable bonds is 6. The maximum Gasteiger partial charge on any atom is 0.323 e. The van der Waals surface area contributed by atoms with Crippen LogP contribution in [0.25, 0.3) is 0 Å². The van der Waals surface area contributed by atoms with Crippen LogP contribution in [-0.2, 0) is 10.0 Å². The van der Waals surface area contributed by atoms with Gasteiger partial charge in [-0.25, -0.2) is 13.2 Å². The van der Waals surface area contributed by atoms with Gasteiger partial charge in [0.2, 0.25) is 0 Å². The van der Waals surface area contributed by atoms with E-state index in [1.165, 1.54) is 36.4 Å². The number of nitrogens with one attached hydrogen (secondary N) is 3. The number of hydrogen-bond acceptors (Lipinski definition) is 4. The van der Waals surface area contributed by atoms with Gasteiger partial charge in [-0.15, -0.1) is 0 Å². The minimum Gasteiger partial charge on any atom is -0.497 e. The van der Waals surface area contributed by atoms with Crippen LogP contribution in [-0.4, -0.2) is 21.6 Å². The average molecular weight is 466 g/mol. The van der Waals surface area contributed by atoms with Gasteiger partial charge in [-0.2, -0.15) is 0 Å². The molecule has 7 nitrogen and oxygen atoms in total. The van der Waals surface area contributed by atoms with Crippen LogP contribution in [0.2, 0.25) is 10.0 Å². The summed E-state index contributed by atoms with van der Waals surface area (Å²) in [6, 6.07) is 16.5. The Morgan fingerprint density at radius 1 is 0.833 bits per heavy atom. The van der Waals surface area contributed by atoms with Crippen molar-refractivity contribution in [2.24, 2.45) is 0 Å². The van der Waals surface area contributed by atoms with Crippen LogP contribution in [0.1, 0.15) is 0 Å². The third-order valence-electron chi connectivity index (χ3n) is 3.92. The summed E-state index contributed by atoms with van der Waals surface area (Å²) < 4.78 is 32.8. The van der Waals surface area contributed by atoms with Gasteiger partial charge >= 0.3 is 6.03 Å². The van der Waals surface area contributed by atoms with Gasteiger partial charge in [0.1, 0.15) is 5.75 Å². The summed E-state index contributed by atoms with van der Waals surface area (Å²) in [5, 5.41) is 5.79. The quantitative estimate of drug-likeness (QED) is 0.450. The molecule has 0 aliphatic carbocycles. The van der Waals surface area contributed by atoms with Gasteiger partial charge in [-0.05, 0) is 60.7 Å². The Morgan fingerprint density at radius 3 is 2.17 bits per heavy atom. The zero-order chi connectivity index (χ0) is 21.7. The number of carbonyl (C=O) groups excluding carboxylic acids is 1. The van der Waals surface area contributed by atoms with Gasteiger partial charge in [-0.3, -0.25) is 4.72 Å². The zero-order valence-electron chi connectivity index (χ0n) is 15.6. The largest absolute Gasteiger partial charge is 0.497 e. The second-order valence-corrected chi connectivity index (χ2v) is 8.57. The lowest BCUT2D eigenvalue weighted by Crippen LogP contribution is -2.20. The molecule has 3 aromatic rings. The molecule has 3 N–H and O–H groups in total. The maximum atomic E-state index is 12.7. The number of ether oxygens (including phenoxy) is 1. The van der Waals surface area contributed by atoms with E-state index < -0.39 is 16.1 Å². The standard InChI is InChI=1S/C20H17Cl2N3O4S/c1-29-16-8-5-13(6-9-16)23-20(26)24-14-3-2-4-17(11-14)30(27,28)25-15-7-10-18(21)19(22)12-15/h2-12,25H,1H3,(H2,23,24,26). The molecule has 0 radical (unpaired) electrons. The van der Waals surface area contributed by atoms with Crippen LogP contribution in [0.15, 0.2) is 71.6 Å². The number of methoxy groups -OCH3 is 1. The zero-order valence-corrected chi connectivity index (χ0v) is 18.0. The minimum atomic E-state index is -3.91. The highest BCUT2D eigenvalue weighted by Crippen LogP contribution is 2.27. The van der Waals surface area contributed by atoms with Crippen molar-refractivity contribution in [2.75, 3.05) is 22.5 Å². The van der Waals surface area contributed by atoms with E-state index in [2.05, 4.69) is 15.4 Å². The van der Waals surface area contributed by atoms with Crippen molar-refractivity contribution in [1.29, 1.82) is 0 Å². The lowest BCUT2D eigenvalue weighted by atomic mass is 10.3. The Hall–Kier alpha value is -2.94. The molecule has 0 atom stereocenters. The molecule has 0 saturated carbocycles. The van der Waals surface area contributed by atoms with Crippen molar-refractivity contribution in [2.45, 2.75) is 4.90 Å². The van der Waals surface area contributed by atoms with Crippen molar-refractivity contribution >= 4 is 56.3 Å². The van der Waals surface area contributed by atoms with Crippen LogP contribution in [0.3, 0.4) is 0 Å². The molecule has 0 unspecified atom stereocenters. The van der Waals surface area contributed by atoms with Crippen LogP contribution in [0.4, 0.5) is 21.9 Å². The molecule has 3 rings (SSSR count).